The van der Waals surface area contributed by atoms with Crippen LogP contribution < -0.4 is 5.43 Å². The number of hydrazone groups is 1. The van der Waals surface area contributed by atoms with Crippen LogP contribution in [0.3, 0.4) is 0 Å². The normalized spacial score (nSPS) is 11.7. The summed E-state index contributed by atoms with van der Waals surface area (Å²) in [5.74, 6) is 0. The van der Waals surface area contributed by atoms with Crippen LogP contribution in [0.1, 0.15) is 20.3 Å². The zero-order valence-corrected chi connectivity index (χ0v) is 6.02. The summed E-state index contributed by atoms with van der Waals surface area (Å²) in [6.07, 6.45) is 0.957. The predicted octanol–water partition coefficient (Wildman–Crippen LogP) is 0.354. The Morgan fingerprint density at radius 2 is 2.33 bits per heavy atom. The third-order valence-electron chi connectivity index (χ3n) is 1.01. The fourth-order valence-corrected chi connectivity index (χ4v) is 0.320. The van der Waals surface area contributed by atoms with Gasteiger partial charge in [-0.3, -0.25) is 0 Å². The van der Waals surface area contributed by atoms with Crippen LogP contribution in [-0.2, 0) is 0 Å². The van der Waals surface area contributed by atoms with Crippen LogP contribution in [0.25, 0.3) is 0 Å². The van der Waals surface area contributed by atoms with Gasteiger partial charge in [0.25, 0.3) is 0 Å². The Bertz CT molecular complexity index is 91.1. The van der Waals surface area contributed by atoms with Crippen molar-refractivity contribution in [1.29, 1.82) is 0 Å². The van der Waals surface area contributed by atoms with Crippen LogP contribution in [-0.4, -0.2) is 24.0 Å². The van der Waals surface area contributed by atoms with Gasteiger partial charge in [-0.25, -0.2) is 0 Å². The number of nitrogens with one attached hydrogen (secondary N) is 1. The molecule has 54 valence electrons. The van der Waals surface area contributed by atoms with Gasteiger partial charge in [0.2, 0.25) is 0 Å². The second-order valence-electron chi connectivity index (χ2n) is 1.83. The molecule has 0 unspecified atom stereocenters. The van der Waals surface area contributed by atoms with E-state index in [4.69, 9.17) is 5.11 Å². The van der Waals surface area contributed by atoms with Gasteiger partial charge in [0.15, 0.2) is 0 Å². The standard InChI is InChI=1S/C6H14N2O/c1-3-6(2)8-7-4-5-9/h7,9H,3-5H2,1-2H3. The lowest BCUT2D eigenvalue weighted by molar-refractivity contribution is 0.293. The third kappa shape index (κ3) is 5.30. The highest BCUT2D eigenvalue weighted by Gasteiger charge is 1.82. The molecule has 0 heterocycles. The molecule has 0 fully saturated rings. The van der Waals surface area contributed by atoms with E-state index in [9.17, 15) is 0 Å². The SMILES string of the molecule is CCC(C)=NNCCO. The van der Waals surface area contributed by atoms with E-state index in [0.717, 1.165) is 12.1 Å². The second-order valence-corrected chi connectivity index (χ2v) is 1.83. The Balaban J connectivity index is 3.21. The molecule has 0 aromatic heterocycles. The minimum Gasteiger partial charge on any atom is -0.394 e. The number of aliphatic hydroxyl groups excluding tert-OH is 1. The molecule has 0 aliphatic heterocycles. The minimum atomic E-state index is 0.139. The topological polar surface area (TPSA) is 44.6 Å². The van der Waals surface area contributed by atoms with Crippen molar-refractivity contribution in [1.82, 2.24) is 5.43 Å². The van der Waals surface area contributed by atoms with Crippen molar-refractivity contribution in [2.75, 3.05) is 13.2 Å². The minimum absolute atomic E-state index is 0.139. The molecule has 0 aromatic rings. The van der Waals surface area contributed by atoms with Crippen LogP contribution in [0.2, 0.25) is 0 Å². The number of hydrogen-bond acceptors (Lipinski definition) is 3. The van der Waals surface area contributed by atoms with Crippen LogP contribution in [0.4, 0.5) is 0 Å². The summed E-state index contributed by atoms with van der Waals surface area (Å²) in [5, 5.41) is 12.3. The van der Waals surface area contributed by atoms with Crippen molar-refractivity contribution in [3.8, 4) is 0 Å². The molecule has 9 heavy (non-hydrogen) atoms. The van der Waals surface area contributed by atoms with Gasteiger partial charge in [0.1, 0.15) is 0 Å². The lowest BCUT2D eigenvalue weighted by Crippen LogP contribution is -2.12. The molecule has 3 nitrogen and oxygen atoms in total. The first-order valence-electron chi connectivity index (χ1n) is 3.18. The van der Waals surface area contributed by atoms with Crippen LogP contribution in [0.5, 0.6) is 0 Å². The largest absolute Gasteiger partial charge is 0.394 e. The van der Waals surface area contributed by atoms with Gasteiger partial charge in [-0.2, -0.15) is 5.10 Å². The van der Waals surface area contributed by atoms with Gasteiger partial charge in [0, 0.05) is 5.71 Å². The van der Waals surface area contributed by atoms with Crippen LogP contribution in [0, 0.1) is 0 Å². The number of hydrogen-bond donors (Lipinski definition) is 2. The summed E-state index contributed by atoms with van der Waals surface area (Å²) in [6, 6.07) is 0. The molecule has 0 amide bonds. The van der Waals surface area contributed by atoms with E-state index in [1.807, 2.05) is 13.8 Å². The summed E-state index contributed by atoms with van der Waals surface area (Å²) >= 11 is 0. The fourth-order valence-electron chi connectivity index (χ4n) is 0.320. The molecule has 0 saturated carbocycles. The Hall–Kier alpha value is -0.570. The highest BCUT2D eigenvalue weighted by atomic mass is 16.3. The molecule has 0 aliphatic rings. The fraction of sp³-hybridized carbons (Fsp3) is 0.833. The number of aliphatic hydroxyl groups is 1. The lowest BCUT2D eigenvalue weighted by Gasteiger charge is -1.96. The molecule has 3 heteroatoms. The molecule has 0 rings (SSSR count). The number of rotatable bonds is 4. The first-order valence-corrected chi connectivity index (χ1v) is 3.18. The summed E-state index contributed by atoms with van der Waals surface area (Å²) in [6.45, 7) is 4.67. The molecule has 0 radical (unpaired) electrons. The van der Waals surface area contributed by atoms with Crippen LogP contribution in [0.15, 0.2) is 5.10 Å². The Labute approximate surface area is 55.8 Å². The van der Waals surface area contributed by atoms with Gasteiger partial charge in [-0.1, -0.05) is 6.92 Å². The van der Waals surface area contributed by atoms with Crippen molar-refractivity contribution < 1.29 is 5.11 Å². The molecular weight excluding hydrogens is 116 g/mol. The van der Waals surface area contributed by atoms with E-state index < -0.39 is 0 Å². The molecule has 2 N–H and O–H groups in total. The molecule has 0 bridgehead atoms. The Morgan fingerprint density at radius 3 is 2.78 bits per heavy atom. The molecular formula is C6H14N2O. The Morgan fingerprint density at radius 1 is 1.67 bits per heavy atom. The smallest absolute Gasteiger partial charge is 0.0620 e. The van der Waals surface area contributed by atoms with E-state index >= 15 is 0 Å². The number of nitrogens with zero attached hydrogens (tertiary/aromatic N) is 1. The maximum atomic E-state index is 8.32. The lowest BCUT2D eigenvalue weighted by atomic mass is 10.3. The second kappa shape index (κ2) is 5.56. The van der Waals surface area contributed by atoms with Gasteiger partial charge < -0.3 is 10.5 Å². The Kier molecular flexibility index (Phi) is 5.21. The summed E-state index contributed by atoms with van der Waals surface area (Å²) < 4.78 is 0. The summed E-state index contributed by atoms with van der Waals surface area (Å²) in [5.41, 5.74) is 3.78. The zero-order valence-electron chi connectivity index (χ0n) is 6.02. The maximum Gasteiger partial charge on any atom is 0.0620 e. The van der Waals surface area contributed by atoms with Crippen LogP contribution >= 0.6 is 0 Å². The highest BCUT2D eigenvalue weighted by Crippen LogP contribution is 1.79. The predicted molar refractivity (Wildman–Crippen MR) is 38.5 cm³/mol. The first kappa shape index (κ1) is 8.43. The average Bonchev–Trinajstić information content (AvgIpc) is 1.89. The molecule has 0 aromatic carbocycles. The molecule has 0 aliphatic carbocycles. The van der Waals surface area contributed by atoms with Crippen molar-refractivity contribution in [2.45, 2.75) is 20.3 Å². The van der Waals surface area contributed by atoms with E-state index in [2.05, 4.69) is 10.5 Å². The molecule has 0 saturated heterocycles. The first-order chi connectivity index (χ1) is 4.31. The zero-order chi connectivity index (χ0) is 7.11. The average molecular weight is 130 g/mol. The third-order valence-corrected chi connectivity index (χ3v) is 1.01. The van der Waals surface area contributed by atoms with Crippen molar-refractivity contribution in [3.63, 3.8) is 0 Å². The van der Waals surface area contributed by atoms with Gasteiger partial charge >= 0.3 is 0 Å². The van der Waals surface area contributed by atoms with E-state index in [-0.39, 0.29) is 6.61 Å². The van der Waals surface area contributed by atoms with Gasteiger partial charge in [-0.15, -0.1) is 0 Å². The maximum absolute atomic E-state index is 8.32. The summed E-state index contributed by atoms with van der Waals surface area (Å²) in [7, 11) is 0. The molecule has 0 spiro atoms. The monoisotopic (exact) mass is 130 g/mol. The molecule has 0 atom stereocenters. The quantitative estimate of drug-likeness (QED) is 0.328. The van der Waals surface area contributed by atoms with E-state index in [1.165, 1.54) is 0 Å². The summed E-state index contributed by atoms with van der Waals surface area (Å²) in [4.78, 5) is 0. The van der Waals surface area contributed by atoms with E-state index in [1.54, 1.807) is 0 Å². The highest BCUT2D eigenvalue weighted by molar-refractivity contribution is 5.81. The van der Waals surface area contributed by atoms with Crippen molar-refractivity contribution >= 4 is 5.71 Å². The van der Waals surface area contributed by atoms with Crippen molar-refractivity contribution in [3.05, 3.63) is 0 Å². The van der Waals surface area contributed by atoms with Crippen molar-refractivity contribution in [2.24, 2.45) is 5.10 Å². The van der Waals surface area contributed by atoms with Gasteiger partial charge in [-0.05, 0) is 13.3 Å². The van der Waals surface area contributed by atoms with E-state index in [0.29, 0.717) is 6.54 Å². The van der Waals surface area contributed by atoms with Gasteiger partial charge in [0.05, 0.1) is 13.2 Å².